The van der Waals surface area contributed by atoms with Crippen molar-refractivity contribution in [2.75, 3.05) is 4.72 Å². The lowest BCUT2D eigenvalue weighted by Crippen LogP contribution is -2.14. The average molecular weight is 443 g/mol. The number of rotatable bonds is 4. The van der Waals surface area contributed by atoms with Crippen LogP contribution in [-0.4, -0.2) is 18.3 Å². The minimum Gasteiger partial charge on any atom is -0.258 e. The lowest BCUT2D eigenvalue weighted by molar-refractivity contribution is -0.387. The van der Waals surface area contributed by atoms with Crippen LogP contribution in [0.25, 0.3) is 0 Å². The lowest BCUT2D eigenvalue weighted by Gasteiger charge is -2.06. The molecule has 1 aromatic carbocycles. The summed E-state index contributed by atoms with van der Waals surface area (Å²) in [4.78, 5) is 13.6. The molecule has 11 heteroatoms. The number of benzene rings is 1. The molecule has 20 heavy (non-hydrogen) atoms. The van der Waals surface area contributed by atoms with Crippen molar-refractivity contribution < 1.29 is 13.3 Å². The van der Waals surface area contributed by atoms with Gasteiger partial charge in [-0.05, 0) is 28.1 Å². The van der Waals surface area contributed by atoms with E-state index in [0.717, 1.165) is 17.4 Å². The van der Waals surface area contributed by atoms with Crippen LogP contribution < -0.4 is 4.72 Å². The quantitative estimate of drug-likeness (QED) is 0.577. The molecule has 0 unspecified atom stereocenters. The number of anilines is 1. The van der Waals surface area contributed by atoms with E-state index in [1.807, 2.05) is 0 Å². The van der Waals surface area contributed by atoms with Gasteiger partial charge >= 0.3 is 0 Å². The topological polar surface area (TPSA) is 102 Å². The van der Waals surface area contributed by atoms with E-state index in [9.17, 15) is 18.5 Å². The number of halogens is 2. The number of nitrogens with zero attached hydrogens (tertiary/aromatic N) is 2. The fraction of sp³-hybridized carbons (Fsp3) is 0. The van der Waals surface area contributed by atoms with Crippen molar-refractivity contribution in [2.24, 2.45) is 0 Å². The molecule has 0 aliphatic carbocycles. The Morgan fingerprint density at radius 2 is 2.05 bits per heavy atom. The van der Waals surface area contributed by atoms with Gasteiger partial charge in [0.1, 0.15) is 0 Å². The van der Waals surface area contributed by atoms with Crippen LogP contribution in [0.2, 0.25) is 0 Å². The third kappa shape index (κ3) is 3.34. The SMILES string of the molecule is O=[N+]([O-])c1ccc(Br)cc1S(=O)(=O)Nc1ncc(Br)s1. The van der Waals surface area contributed by atoms with E-state index in [4.69, 9.17) is 0 Å². The summed E-state index contributed by atoms with van der Waals surface area (Å²) in [5.41, 5.74) is -0.503. The summed E-state index contributed by atoms with van der Waals surface area (Å²) in [7, 11) is -4.09. The van der Waals surface area contributed by atoms with Crippen molar-refractivity contribution in [1.29, 1.82) is 0 Å². The first-order chi connectivity index (χ1) is 9.29. The number of nitro benzene ring substituents is 1. The highest BCUT2D eigenvalue weighted by Gasteiger charge is 2.26. The first kappa shape index (κ1) is 15.4. The Morgan fingerprint density at radius 1 is 1.35 bits per heavy atom. The summed E-state index contributed by atoms with van der Waals surface area (Å²) >= 11 is 7.30. The zero-order valence-corrected chi connectivity index (χ0v) is 14.2. The smallest absolute Gasteiger partial charge is 0.258 e. The second-order valence-corrected chi connectivity index (χ2v) is 8.42. The zero-order valence-electron chi connectivity index (χ0n) is 9.41. The van der Waals surface area contributed by atoms with E-state index in [1.165, 1.54) is 18.3 Å². The van der Waals surface area contributed by atoms with Gasteiger partial charge in [-0.3, -0.25) is 14.8 Å². The summed E-state index contributed by atoms with van der Waals surface area (Å²) in [6.07, 6.45) is 1.43. The second kappa shape index (κ2) is 5.76. The van der Waals surface area contributed by atoms with Gasteiger partial charge in [-0.15, -0.1) is 0 Å². The molecule has 106 valence electrons. The van der Waals surface area contributed by atoms with Crippen LogP contribution in [0.5, 0.6) is 0 Å². The normalized spacial score (nSPS) is 11.3. The maximum atomic E-state index is 12.2. The Balaban J connectivity index is 2.48. The van der Waals surface area contributed by atoms with Gasteiger partial charge in [-0.2, -0.15) is 0 Å². The minimum atomic E-state index is -4.09. The molecule has 0 saturated carbocycles. The molecule has 2 rings (SSSR count). The Morgan fingerprint density at radius 3 is 2.60 bits per heavy atom. The maximum absolute atomic E-state index is 12.2. The van der Waals surface area contributed by atoms with Gasteiger partial charge in [0.05, 0.1) is 14.9 Å². The summed E-state index contributed by atoms with van der Waals surface area (Å²) < 4.78 is 27.7. The van der Waals surface area contributed by atoms with Crippen LogP contribution >= 0.6 is 43.2 Å². The van der Waals surface area contributed by atoms with Crippen LogP contribution in [0.1, 0.15) is 0 Å². The van der Waals surface area contributed by atoms with E-state index in [0.29, 0.717) is 8.26 Å². The maximum Gasteiger partial charge on any atom is 0.289 e. The summed E-state index contributed by atoms with van der Waals surface area (Å²) in [6.45, 7) is 0. The molecule has 0 saturated heterocycles. The van der Waals surface area contributed by atoms with E-state index >= 15 is 0 Å². The fourth-order valence-electron chi connectivity index (χ4n) is 1.33. The summed E-state index contributed by atoms with van der Waals surface area (Å²) in [5.74, 6) is 0. The Bertz CT molecular complexity index is 775. The number of nitrogens with one attached hydrogen (secondary N) is 1. The molecule has 0 amide bonds. The Kier molecular flexibility index (Phi) is 4.42. The van der Waals surface area contributed by atoms with Crippen LogP contribution in [0, 0.1) is 10.1 Å². The number of thiazole rings is 1. The minimum absolute atomic E-state index is 0.117. The number of aromatic nitrogens is 1. The fourth-order valence-corrected chi connectivity index (χ4v) is 4.38. The van der Waals surface area contributed by atoms with E-state index in [2.05, 4.69) is 41.6 Å². The molecule has 1 aromatic heterocycles. The Hall–Kier alpha value is -1.04. The number of hydrogen-bond acceptors (Lipinski definition) is 6. The van der Waals surface area contributed by atoms with Crippen molar-refractivity contribution in [3.63, 3.8) is 0 Å². The van der Waals surface area contributed by atoms with Gasteiger partial charge < -0.3 is 0 Å². The van der Waals surface area contributed by atoms with Gasteiger partial charge in [0, 0.05) is 10.5 Å². The van der Waals surface area contributed by atoms with E-state index in [1.54, 1.807) is 0 Å². The van der Waals surface area contributed by atoms with Gasteiger partial charge in [0.2, 0.25) is 0 Å². The third-order valence-electron chi connectivity index (χ3n) is 2.11. The van der Waals surface area contributed by atoms with E-state index < -0.39 is 25.5 Å². The molecule has 0 spiro atoms. The zero-order chi connectivity index (χ0) is 14.9. The third-order valence-corrected chi connectivity index (χ3v) is 5.49. The molecule has 0 aliphatic rings. The molecular formula is C9H5Br2N3O4S2. The molecular weight excluding hydrogens is 438 g/mol. The van der Waals surface area contributed by atoms with Crippen LogP contribution in [0.3, 0.4) is 0 Å². The molecule has 1 heterocycles. The molecule has 2 aromatic rings. The average Bonchev–Trinajstić information content (AvgIpc) is 2.73. The number of sulfonamides is 1. The monoisotopic (exact) mass is 441 g/mol. The van der Waals surface area contributed by atoms with E-state index in [-0.39, 0.29) is 5.13 Å². The van der Waals surface area contributed by atoms with Gasteiger partial charge in [-0.1, -0.05) is 27.3 Å². The van der Waals surface area contributed by atoms with Gasteiger partial charge in [-0.25, -0.2) is 13.4 Å². The molecule has 0 atom stereocenters. The molecule has 0 bridgehead atoms. The van der Waals surface area contributed by atoms with Crippen LogP contribution in [0.15, 0.2) is 37.6 Å². The standard InChI is InChI=1S/C9H5Br2N3O4S2/c10-5-1-2-6(14(15)16)7(3-5)20(17,18)13-9-12-4-8(11)19-9/h1-4H,(H,12,13). The lowest BCUT2D eigenvalue weighted by atomic mass is 10.3. The largest absolute Gasteiger partial charge is 0.289 e. The van der Waals surface area contributed by atoms with Crippen molar-refractivity contribution in [3.8, 4) is 0 Å². The predicted octanol–water partition coefficient (Wildman–Crippen LogP) is 3.38. The molecule has 0 aliphatic heterocycles. The highest BCUT2D eigenvalue weighted by molar-refractivity contribution is 9.11. The van der Waals surface area contributed by atoms with Crippen molar-refractivity contribution in [3.05, 3.63) is 42.8 Å². The molecule has 0 radical (unpaired) electrons. The van der Waals surface area contributed by atoms with Crippen molar-refractivity contribution in [1.82, 2.24) is 4.98 Å². The first-order valence-corrected chi connectivity index (χ1v) is 8.76. The summed E-state index contributed by atoms with van der Waals surface area (Å²) in [5, 5.41) is 11.0. The van der Waals surface area contributed by atoms with Crippen LogP contribution in [0.4, 0.5) is 10.8 Å². The number of hydrogen-bond donors (Lipinski definition) is 1. The van der Waals surface area contributed by atoms with Crippen molar-refractivity contribution in [2.45, 2.75) is 4.90 Å². The Labute approximate surface area is 134 Å². The van der Waals surface area contributed by atoms with Gasteiger partial charge in [0.15, 0.2) is 10.0 Å². The molecule has 1 N–H and O–H groups in total. The number of nitro groups is 1. The molecule has 7 nitrogen and oxygen atoms in total. The second-order valence-electron chi connectivity index (χ2n) is 3.44. The predicted molar refractivity (Wildman–Crippen MR) is 81.4 cm³/mol. The van der Waals surface area contributed by atoms with Gasteiger partial charge in [0.25, 0.3) is 15.7 Å². The highest BCUT2D eigenvalue weighted by atomic mass is 79.9. The van der Waals surface area contributed by atoms with Crippen LogP contribution in [-0.2, 0) is 10.0 Å². The first-order valence-electron chi connectivity index (χ1n) is 4.88. The van der Waals surface area contributed by atoms with Crippen molar-refractivity contribution >= 4 is 64.0 Å². The highest BCUT2D eigenvalue weighted by Crippen LogP contribution is 2.30. The molecule has 0 fully saturated rings. The summed E-state index contributed by atoms with van der Waals surface area (Å²) in [6, 6.07) is 3.69.